The molecule has 0 fully saturated rings. The SMILES string of the molecule is CC(NCc1nccs1)c1ccc(F)cc1Cl. The topological polar surface area (TPSA) is 24.9 Å². The molecule has 0 amide bonds. The largest absolute Gasteiger partial charge is 0.304 e. The highest BCUT2D eigenvalue weighted by atomic mass is 35.5. The van der Waals surface area contributed by atoms with Crippen LogP contribution in [0.25, 0.3) is 0 Å². The first-order chi connectivity index (χ1) is 8.16. The molecule has 0 aliphatic carbocycles. The van der Waals surface area contributed by atoms with Crippen LogP contribution in [0, 0.1) is 5.82 Å². The molecule has 0 radical (unpaired) electrons. The molecule has 1 aromatic carbocycles. The van der Waals surface area contributed by atoms with Crippen LogP contribution in [0.1, 0.15) is 23.5 Å². The van der Waals surface area contributed by atoms with Gasteiger partial charge in [-0.1, -0.05) is 17.7 Å². The third kappa shape index (κ3) is 3.25. The molecule has 0 saturated carbocycles. The summed E-state index contributed by atoms with van der Waals surface area (Å²) < 4.78 is 12.9. The average molecular weight is 271 g/mol. The molecular formula is C12H12ClFN2S. The van der Waals surface area contributed by atoms with Crippen molar-refractivity contribution >= 4 is 22.9 Å². The predicted octanol–water partition coefficient (Wildman–Crippen LogP) is 3.79. The molecule has 1 N–H and O–H groups in total. The molecule has 1 atom stereocenters. The van der Waals surface area contributed by atoms with E-state index in [1.807, 2.05) is 12.3 Å². The number of halogens is 2. The van der Waals surface area contributed by atoms with Gasteiger partial charge >= 0.3 is 0 Å². The summed E-state index contributed by atoms with van der Waals surface area (Å²) in [5, 5.41) is 6.71. The van der Waals surface area contributed by atoms with E-state index in [4.69, 9.17) is 11.6 Å². The maximum Gasteiger partial charge on any atom is 0.124 e. The van der Waals surface area contributed by atoms with Crippen LogP contribution in [0.3, 0.4) is 0 Å². The van der Waals surface area contributed by atoms with Gasteiger partial charge in [-0.25, -0.2) is 9.37 Å². The molecule has 2 rings (SSSR count). The molecule has 90 valence electrons. The van der Waals surface area contributed by atoms with Crippen molar-refractivity contribution < 1.29 is 4.39 Å². The van der Waals surface area contributed by atoms with Gasteiger partial charge in [-0.05, 0) is 24.6 Å². The lowest BCUT2D eigenvalue weighted by molar-refractivity contribution is 0.570. The molecule has 0 saturated heterocycles. The number of aromatic nitrogens is 1. The fourth-order valence-corrected chi connectivity index (χ4v) is 2.44. The smallest absolute Gasteiger partial charge is 0.124 e. The van der Waals surface area contributed by atoms with E-state index < -0.39 is 0 Å². The van der Waals surface area contributed by atoms with Crippen molar-refractivity contribution in [3.8, 4) is 0 Å². The van der Waals surface area contributed by atoms with Gasteiger partial charge in [0, 0.05) is 29.2 Å². The van der Waals surface area contributed by atoms with Crippen LogP contribution in [0.4, 0.5) is 4.39 Å². The summed E-state index contributed by atoms with van der Waals surface area (Å²) in [6.45, 7) is 2.68. The van der Waals surface area contributed by atoms with Gasteiger partial charge in [-0.15, -0.1) is 11.3 Å². The van der Waals surface area contributed by atoms with Crippen molar-refractivity contribution in [2.24, 2.45) is 0 Å². The zero-order valence-electron chi connectivity index (χ0n) is 9.28. The molecule has 2 aromatic rings. The zero-order chi connectivity index (χ0) is 12.3. The summed E-state index contributed by atoms with van der Waals surface area (Å²) >= 11 is 7.59. The van der Waals surface area contributed by atoms with Gasteiger partial charge in [0.25, 0.3) is 0 Å². The Balaban J connectivity index is 2.01. The highest BCUT2D eigenvalue weighted by Gasteiger charge is 2.10. The maximum atomic E-state index is 12.9. The summed E-state index contributed by atoms with van der Waals surface area (Å²) in [4.78, 5) is 4.18. The number of thiazole rings is 1. The van der Waals surface area contributed by atoms with E-state index in [0.717, 1.165) is 10.6 Å². The first kappa shape index (κ1) is 12.5. The summed E-state index contributed by atoms with van der Waals surface area (Å²) in [7, 11) is 0. The normalized spacial score (nSPS) is 12.6. The van der Waals surface area contributed by atoms with Gasteiger partial charge in [0.15, 0.2) is 0 Å². The Kier molecular flexibility index (Phi) is 4.10. The van der Waals surface area contributed by atoms with Crippen LogP contribution >= 0.6 is 22.9 Å². The van der Waals surface area contributed by atoms with E-state index in [-0.39, 0.29) is 11.9 Å². The zero-order valence-corrected chi connectivity index (χ0v) is 10.9. The van der Waals surface area contributed by atoms with Gasteiger partial charge in [-0.2, -0.15) is 0 Å². The van der Waals surface area contributed by atoms with Gasteiger partial charge in [0.1, 0.15) is 10.8 Å². The molecule has 0 spiro atoms. The highest BCUT2D eigenvalue weighted by Crippen LogP contribution is 2.23. The summed E-state index contributed by atoms with van der Waals surface area (Å²) in [5.74, 6) is -0.314. The number of nitrogens with one attached hydrogen (secondary N) is 1. The van der Waals surface area contributed by atoms with Crippen molar-refractivity contribution in [3.05, 3.63) is 51.2 Å². The maximum absolute atomic E-state index is 12.9. The molecular weight excluding hydrogens is 259 g/mol. The van der Waals surface area contributed by atoms with Crippen molar-refractivity contribution in [3.63, 3.8) is 0 Å². The van der Waals surface area contributed by atoms with Crippen LogP contribution in [0.15, 0.2) is 29.8 Å². The second-order valence-corrected chi connectivity index (χ2v) is 5.08. The Morgan fingerprint density at radius 3 is 3.00 bits per heavy atom. The van der Waals surface area contributed by atoms with Gasteiger partial charge in [0.05, 0.1) is 0 Å². The molecule has 0 aliphatic heterocycles. The number of hydrogen-bond acceptors (Lipinski definition) is 3. The van der Waals surface area contributed by atoms with E-state index in [1.165, 1.54) is 12.1 Å². The third-order valence-electron chi connectivity index (χ3n) is 2.47. The molecule has 1 heterocycles. The molecule has 2 nitrogen and oxygen atoms in total. The standard InChI is InChI=1S/C12H12ClFN2S/c1-8(16-7-12-15-4-5-17-12)10-3-2-9(14)6-11(10)13/h2-6,8,16H,7H2,1H3. The second-order valence-electron chi connectivity index (χ2n) is 3.69. The number of nitrogens with zero attached hydrogens (tertiary/aromatic N) is 1. The fraction of sp³-hybridized carbons (Fsp3) is 0.250. The van der Waals surface area contributed by atoms with E-state index in [0.29, 0.717) is 11.6 Å². The number of benzene rings is 1. The molecule has 0 aliphatic rings. The minimum absolute atomic E-state index is 0.0620. The number of rotatable bonds is 4. The van der Waals surface area contributed by atoms with Crippen LogP contribution in [-0.4, -0.2) is 4.98 Å². The van der Waals surface area contributed by atoms with Crippen LogP contribution in [0.2, 0.25) is 5.02 Å². The Bertz CT molecular complexity index is 487. The molecule has 5 heteroatoms. The Labute approximate surface area is 108 Å². The van der Waals surface area contributed by atoms with E-state index in [1.54, 1.807) is 23.6 Å². The predicted molar refractivity (Wildman–Crippen MR) is 68.8 cm³/mol. The monoisotopic (exact) mass is 270 g/mol. The summed E-state index contributed by atoms with van der Waals surface area (Å²) in [5.41, 5.74) is 0.893. The lowest BCUT2D eigenvalue weighted by Crippen LogP contribution is -2.18. The minimum Gasteiger partial charge on any atom is -0.304 e. The highest BCUT2D eigenvalue weighted by molar-refractivity contribution is 7.09. The van der Waals surface area contributed by atoms with Crippen molar-refractivity contribution in [2.75, 3.05) is 0 Å². The summed E-state index contributed by atoms with van der Waals surface area (Å²) in [6.07, 6.45) is 1.78. The van der Waals surface area contributed by atoms with E-state index >= 15 is 0 Å². The number of hydrogen-bond donors (Lipinski definition) is 1. The first-order valence-corrected chi connectivity index (χ1v) is 6.49. The second kappa shape index (κ2) is 5.58. The van der Waals surface area contributed by atoms with Crippen LogP contribution in [-0.2, 0) is 6.54 Å². The van der Waals surface area contributed by atoms with E-state index in [2.05, 4.69) is 10.3 Å². The van der Waals surface area contributed by atoms with Crippen LogP contribution < -0.4 is 5.32 Å². The average Bonchev–Trinajstić information content (AvgIpc) is 2.78. The van der Waals surface area contributed by atoms with E-state index in [9.17, 15) is 4.39 Å². The lowest BCUT2D eigenvalue weighted by Gasteiger charge is -2.14. The Morgan fingerprint density at radius 1 is 1.53 bits per heavy atom. The van der Waals surface area contributed by atoms with Gasteiger partial charge < -0.3 is 5.32 Å². The third-order valence-corrected chi connectivity index (χ3v) is 3.58. The Morgan fingerprint density at radius 2 is 2.35 bits per heavy atom. The van der Waals surface area contributed by atoms with Crippen LogP contribution in [0.5, 0.6) is 0 Å². The quantitative estimate of drug-likeness (QED) is 0.914. The molecule has 0 bridgehead atoms. The fourth-order valence-electron chi connectivity index (χ4n) is 1.54. The lowest BCUT2D eigenvalue weighted by atomic mass is 10.1. The molecule has 1 unspecified atom stereocenters. The van der Waals surface area contributed by atoms with Crippen molar-refractivity contribution in [1.82, 2.24) is 10.3 Å². The molecule has 17 heavy (non-hydrogen) atoms. The van der Waals surface area contributed by atoms with Crippen molar-refractivity contribution in [2.45, 2.75) is 19.5 Å². The molecule has 1 aromatic heterocycles. The summed E-state index contributed by atoms with van der Waals surface area (Å²) in [6, 6.07) is 4.52. The van der Waals surface area contributed by atoms with Crippen molar-refractivity contribution in [1.29, 1.82) is 0 Å². The van der Waals surface area contributed by atoms with Gasteiger partial charge in [0.2, 0.25) is 0 Å². The Hall–Kier alpha value is -0.970. The van der Waals surface area contributed by atoms with Gasteiger partial charge in [-0.3, -0.25) is 0 Å². The first-order valence-electron chi connectivity index (χ1n) is 5.23. The minimum atomic E-state index is -0.314.